The number of amides is 1. The van der Waals surface area contributed by atoms with Crippen LogP contribution in [0.25, 0.3) is 11.2 Å². The number of imidazole rings is 1. The number of aromatic nitrogens is 4. The molecule has 14 nitrogen and oxygen atoms in total. The Hall–Kier alpha value is -2.59. The van der Waals surface area contributed by atoms with Gasteiger partial charge in [-0.2, -0.15) is 9.97 Å². The van der Waals surface area contributed by atoms with Crippen molar-refractivity contribution in [1.82, 2.24) is 30.2 Å². The van der Waals surface area contributed by atoms with Crippen molar-refractivity contribution in [3.63, 3.8) is 0 Å². The van der Waals surface area contributed by atoms with Crippen LogP contribution in [0.3, 0.4) is 0 Å². The Morgan fingerprint density at radius 1 is 1.16 bits per heavy atom. The van der Waals surface area contributed by atoms with E-state index in [1.807, 2.05) is 13.8 Å². The molecule has 4 atom stereocenters. The van der Waals surface area contributed by atoms with Gasteiger partial charge < -0.3 is 36.6 Å². The highest BCUT2D eigenvalue weighted by atomic mass is 32.2. The topological polar surface area (TPSA) is 207 Å². The second kappa shape index (κ2) is 13.5. The van der Waals surface area contributed by atoms with E-state index in [-0.39, 0.29) is 29.5 Å². The molecule has 0 aromatic carbocycles. The van der Waals surface area contributed by atoms with E-state index in [4.69, 9.17) is 10.5 Å². The molecule has 1 saturated heterocycles. The molecular weight excluding hydrogens is 516 g/mol. The predicted molar refractivity (Wildman–Crippen MR) is 143 cm³/mol. The lowest BCUT2D eigenvalue weighted by atomic mass is 10.1. The first-order valence-corrected chi connectivity index (χ1v) is 15.0. The number of unbranched alkanes of at least 4 members (excludes halogenated alkanes) is 3. The van der Waals surface area contributed by atoms with E-state index in [2.05, 4.69) is 30.9 Å². The molecule has 0 bridgehead atoms. The monoisotopic (exact) mass is 556 g/mol. The van der Waals surface area contributed by atoms with Gasteiger partial charge in [-0.15, -0.1) is 0 Å². The minimum Gasteiger partial charge on any atom is -0.387 e. The SMILES string of the molecule is CC(C)NC[C@H]1O[C@@H](n2cnc3c(N)nc(NCCNC(=O)CCCCCCS(C)(=O)=O)nc32)[C@H](O)[C@@H]1O. The maximum Gasteiger partial charge on any atom is 0.226 e. The van der Waals surface area contributed by atoms with Crippen molar-refractivity contribution in [3.8, 4) is 0 Å². The van der Waals surface area contributed by atoms with E-state index in [0.29, 0.717) is 50.1 Å². The fraction of sp³-hybridized carbons (Fsp3) is 0.739. The van der Waals surface area contributed by atoms with E-state index < -0.39 is 34.4 Å². The lowest BCUT2D eigenvalue weighted by molar-refractivity contribution is -0.121. The number of sulfone groups is 1. The molecule has 1 aliphatic heterocycles. The zero-order valence-electron chi connectivity index (χ0n) is 22.1. The summed E-state index contributed by atoms with van der Waals surface area (Å²) in [6.07, 6.45) is 2.14. The number of aliphatic hydroxyl groups excluding tert-OH is 2. The highest BCUT2D eigenvalue weighted by molar-refractivity contribution is 7.90. The summed E-state index contributed by atoms with van der Waals surface area (Å²) in [4.78, 5) is 25.0. The summed E-state index contributed by atoms with van der Waals surface area (Å²) in [5.41, 5.74) is 6.76. The molecule has 0 aliphatic carbocycles. The van der Waals surface area contributed by atoms with Crippen LogP contribution in [0.15, 0.2) is 6.33 Å². The quantitative estimate of drug-likeness (QED) is 0.154. The molecule has 3 heterocycles. The van der Waals surface area contributed by atoms with Crippen LogP contribution in [0.1, 0.15) is 52.2 Å². The number of carbonyl (C=O) groups is 1. The number of nitrogens with one attached hydrogen (secondary N) is 3. The molecule has 2 aromatic heterocycles. The zero-order valence-corrected chi connectivity index (χ0v) is 22.9. The normalized spacial score (nSPS) is 21.8. The van der Waals surface area contributed by atoms with Crippen LogP contribution in [0.2, 0.25) is 0 Å². The molecule has 0 spiro atoms. The fourth-order valence-corrected chi connectivity index (χ4v) is 4.88. The summed E-state index contributed by atoms with van der Waals surface area (Å²) in [7, 11) is -2.93. The summed E-state index contributed by atoms with van der Waals surface area (Å²) in [5, 5.41) is 30.1. The molecule has 1 fully saturated rings. The Balaban J connectivity index is 1.49. The van der Waals surface area contributed by atoms with Crippen molar-refractivity contribution in [1.29, 1.82) is 0 Å². The number of aliphatic hydroxyl groups is 2. The average Bonchev–Trinajstić information content (AvgIpc) is 3.38. The van der Waals surface area contributed by atoms with Gasteiger partial charge in [-0.1, -0.05) is 26.7 Å². The minimum atomic E-state index is -2.93. The van der Waals surface area contributed by atoms with Crippen molar-refractivity contribution in [2.75, 3.05) is 42.7 Å². The number of nitrogens with zero attached hydrogens (tertiary/aromatic N) is 4. The van der Waals surface area contributed by atoms with Gasteiger partial charge in [0, 0.05) is 44.1 Å². The molecule has 38 heavy (non-hydrogen) atoms. The number of rotatable bonds is 15. The van der Waals surface area contributed by atoms with Gasteiger partial charge in [-0.3, -0.25) is 9.36 Å². The van der Waals surface area contributed by atoms with E-state index >= 15 is 0 Å². The van der Waals surface area contributed by atoms with Crippen molar-refractivity contribution in [2.45, 2.75) is 76.5 Å². The van der Waals surface area contributed by atoms with Crippen LogP contribution < -0.4 is 21.7 Å². The smallest absolute Gasteiger partial charge is 0.226 e. The highest BCUT2D eigenvalue weighted by Gasteiger charge is 2.44. The van der Waals surface area contributed by atoms with Crippen LogP contribution in [0, 0.1) is 0 Å². The maximum absolute atomic E-state index is 12.0. The molecule has 7 N–H and O–H groups in total. The first-order valence-electron chi connectivity index (χ1n) is 12.9. The van der Waals surface area contributed by atoms with Crippen LogP contribution in [0.5, 0.6) is 0 Å². The lowest BCUT2D eigenvalue weighted by Crippen LogP contribution is -2.39. The fourth-order valence-electron chi connectivity index (χ4n) is 4.15. The number of nitrogen functional groups attached to an aromatic ring is 1. The number of hydrogen-bond acceptors (Lipinski definition) is 12. The van der Waals surface area contributed by atoms with Gasteiger partial charge in [0.2, 0.25) is 11.9 Å². The van der Waals surface area contributed by atoms with Gasteiger partial charge in [-0.25, -0.2) is 13.4 Å². The summed E-state index contributed by atoms with van der Waals surface area (Å²) < 4.78 is 29.7. The first kappa shape index (κ1) is 30.0. The van der Waals surface area contributed by atoms with Crippen molar-refractivity contribution in [2.24, 2.45) is 0 Å². The number of hydrogen-bond donors (Lipinski definition) is 6. The number of anilines is 2. The Labute approximate surface area is 222 Å². The highest BCUT2D eigenvalue weighted by Crippen LogP contribution is 2.32. The van der Waals surface area contributed by atoms with Gasteiger partial charge in [0.1, 0.15) is 33.7 Å². The van der Waals surface area contributed by atoms with Crippen molar-refractivity contribution < 1.29 is 28.2 Å². The summed E-state index contributed by atoms with van der Waals surface area (Å²) in [6.45, 7) is 5.02. The Morgan fingerprint density at radius 2 is 1.89 bits per heavy atom. The van der Waals surface area contributed by atoms with Gasteiger partial charge in [0.25, 0.3) is 0 Å². The Morgan fingerprint density at radius 3 is 2.61 bits per heavy atom. The molecule has 1 aliphatic rings. The maximum atomic E-state index is 12.0. The second-order valence-electron chi connectivity index (χ2n) is 9.94. The third-order valence-corrected chi connectivity index (χ3v) is 7.22. The average molecular weight is 557 g/mol. The molecule has 0 radical (unpaired) electrons. The number of fused-ring (bicyclic) bond motifs is 1. The van der Waals surface area contributed by atoms with Crippen molar-refractivity contribution >= 4 is 38.7 Å². The molecule has 1 amide bonds. The van der Waals surface area contributed by atoms with Gasteiger partial charge in [0.15, 0.2) is 17.7 Å². The number of ether oxygens (including phenoxy) is 1. The van der Waals surface area contributed by atoms with Crippen LogP contribution in [-0.2, 0) is 19.4 Å². The molecule has 3 rings (SSSR count). The van der Waals surface area contributed by atoms with Crippen molar-refractivity contribution in [3.05, 3.63) is 6.33 Å². The van der Waals surface area contributed by atoms with E-state index in [1.165, 1.54) is 17.2 Å². The first-order chi connectivity index (χ1) is 18.0. The Kier molecular flexibility index (Phi) is 10.6. The molecule has 15 heteroatoms. The number of carbonyl (C=O) groups excluding carboxylic acids is 1. The molecule has 0 unspecified atom stereocenters. The summed E-state index contributed by atoms with van der Waals surface area (Å²) in [5.74, 6) is 0.456. The number of nitrogens with two attached hydrogens (primary N) is 1. The van der Waals surface area contributed by atoms with Crippen LogP contribution in [0.4, 0.5) is 11.8 Å². The molecular formula is C23H40N8O6S. The molecule has 214 valence electrons. The van der Waals surface area contributed by atoms with E-state index in [0.717, 1.165) is 12.8 Å². The summed E-state index contributed by atoms with van der Waals surface area (Å²) in [6, 6.07) is 0.195. The second-order valence-corrected chi connectivity index (χ2v) is 12.2. The minimum absolute atomic E-state index is 0.0867. The Bertz CT molecular complexity index is 1170. The van der Waals surface area contributed by atoms with Gasteiger partial charge in [0.05, 0.1) is 6.33 Å². The van der Waals surface area contributed by atoms with Gasteiger partial charge >= 0.3 is 0 Å². The van der Waals surface area contributed by atoms with Crippen LogP contribution in [-0.4, -0.2) is 100 Å². The molecule has 2 aromatic rings. The summed E-state index contributed by atoms with van der Waals surface area (Å²) >= 11 is 0. The van der Waals surface area contributed by atoms with Crippen LogP contribution >= 0.6 is 0 Å². The third kappa shape index (κ3) is 8.46. The van der Waals surface area contributed by atoms with E-state index in [9.17, 15) is 23.4 Å². The molecule has 0 saturated carbocycles. The van der Waals surface area contributed by atoms with E-state index in [1.54, 1.807) is 0 Å². The third-order valence-electron chi connectivity index (χ3n) is 6.19. The van der Waals surface area contributed by atoms with Gasteiger partial charge in [-0.05, 0) is 12.8 Å². The zero-order chi connectivity index (χ0) is 27.9. The standard InChI is InChI=1S/C23H40N8O6S/c1-14(2)27-12-15-18(33)19(34)22(37-15)31-13-28-17-20(24)29-23(30-21(17)31)26-10-9-25-16(32)8-6-4-5-7-11-38(3,35)36/h13-15,18-19,22,27,33-34H,4-12H2,1-3H3,(H,25,32)(H3,24,26,29,30)/t15-,18-,19-,22-/m1/s1. The predicted octanol–water partition coefficient (Wildman–Crippen LogP) is -0.451. The largest absolute Gasteiger partial charge is 0.387 e. The lowest BCUT2D eigenvalue weighted by Gasteiger charge is -2.17.